The smallest absolute Gasteiger partial charge is 0.221 e. The van der Waals surface area contributed by atoms with Crippen LogP contribution in [0, 0.1) is 5.82 Å². The predicted molar refractivity (Wildman–Crippen MR) is 107 cm³/mol. The number of halogens is 1. The Balaban J connectivity index is 1.61. The van der Waals surface area contributed by atoms with E-state index in [-0.39, 0.29) is 12.1 Å². The van der Waals surface area contributed by atoms with Gasteiger partial charge in [-0.3, -0.25) is 0 Å². The van der Waals surface area contributed by atoms with E-state index in [1.807, 2.05) is 12.1 Å². The van der Waals surface area contributed by atoms with E-state index in [0.29, 0.717) is 39.6 Å². The van der Waals surface area contributed by atoms with Crippen LogP contribution >= 0.6 is 0 Å². The number of aromatic nitrogens is 3. The molecule has 1 aromatic carbocycles. The van der Waals surface area contributed by atoms with Crippen LogP contribution in [-0.4, -0.2) is 37.1 Å². The zero-order valence-corrected chi connectivity index (χ0v) is 15.9. The topological polar surface area (TPSA) is 97.0 Å². The lowest BCUT2D eigenvalue weighted by molar-refractivity contribution is 0.183. The number of pyridine rings is 1. The standard InChI is InChI=1S/C20H19FN4O2S/c21-18-10-13(3-4-16(18)14-11-24-20(22)25-12-14)17-2-1-7-23-19(17)27-15-5-8-28(26)9-6-15/h1-4,7,10-12,15H,5-6,8-9H2,(H2,22,24,25). The number of ether oxygens (including phenoxy) is 1. The van der Waals surface area contributed by atoms with Crippen molar-refractivity contribution < 1.29 is 13.7 Å². The van der Waals surface area contributed by atoms with Crippen LogP contribution in [0.25, 0.3) is 22.3 Å². The number of benzene rings is 1. The van der Waals surface area contributed by atoms with E-state index in [4.69, 9.17) is 10.5 Å². The van der Waals surface area contributed by atoms with Gasteiger partial charge in [-0.25, -0.2) is 19.3 Å². The van der Waals surface area contributed by atoms with Crippen LogP contribution in [0.3, 0.4) is 0 Å². The molecule has 0 bridgehead atoms. The van der Waals surface area contributed by atoms with Gasteiger partial charge in [-0.15, -0.1) is 0 Å². The highest BCUT2D eigenvalue weighted by Crippen LogP contribution is 2.33. The van der Waals surface area contributed by atoms with E-state index in [1.165, 1.54) is 18.5 Å². The molecule has 0 unspecified atom stereocenters. The molecule has 1 aliphatic heterocycles. The van der Waals surface area contributed by atoms with Gasteiger partial charge in [0.15, 0.2) is 0 Å². The maximum absolute atomic E-state index is 14.8. The molecule has 0 radical (unpaired) electrons. The summed E-state index contributed by atoms with van der Waals surface area (Å²) in [6, 6.07) is 8.59. The molecule has 0 spiro atoms. The second kappa shape index (κ2) is 8.12. The number of nitrogens with zero attached hydrogens (tertiary/aromatic N) is 3. The van der Waals surface area contributed by atoms with Crippen LogP contribution in [0.15, 0.2) is 48.9 Å². The monoisotopic (exact) mass is 398 g/mol. The number of nitrogens with two attached hydrogens (primary N) is 1. The normalized spacial score (nSPS) is 19.4. The molecule has 8 heteroatoms. The highest BCUT2D eigenvalue weighted by Gasteiger charge is 2.24. The Hall–Kier alpha value is -2.71. The Morgan fingerprint density at radius 1 is 1.04 bits per heavy atom. The molecule has 1 aliphatic rings. The summed E-state index contributed by atoms with van der Waals surface area (Å²) >= 11 is -0.754. The minimum Gasteiger partial charge on any atom is -0.616 e. The van der Waals surface area contributed by atoms with E-state index in [9.17, 15) is 8.94 Å². The van der Waals surface area contributed by atoms with E-state index >= 15 is 0 Å². The van der Waals surface area contributed by atoms with Crippen molar-refractivity contribution in [1.82, 2.24) is 15.0 Å². The summed E-state index contributed by atoms with van der Waals surface area (Å²) in [4.78, 5) is 12.2. The molecule has 28 heavy (non-hydrogen) atoms. The zero-order valence-electron chi connectivity index (χ0n) is 15.0. The van der Waals surface area contributed by atoms with Crippen LogP contribution in [0.2, 0.25) is 0 Å². The maximum Gasteiger partial charge on any atom is 0.221 e. The second-order valence-electron chi connectivity index (χ2n) is 6.55. The average Bonchev–Trinajstić information content (AvgIpc) is 2.71. The Labute approximate surface area is 165 Å². The van der Waals surface area contributed by atoms with Crippen LogP contribution in [0.1, 0.15) is 12.8 Å². The third-order valence-electron chi connectivity index (χ3n) is 4.65. The molecule has 3 heterocycles. The van der Waals surface area contributed by atoms with Crippen molar-refractivity contribution in [2.24, 2.45) is 0 Å². The van der Waals surface area contributed by atoms with E-state index in [2.05, 4.69) is 15.0 Å². The van der Waals surface area contributed by atoms with Gasteiger partial charge in [0, 0.05) is 48.1 Å². The first kappa shape index (κ1) is 18.6. The summed E-state index contributed by atoms with van der Waals surface area (Å²) in [6.45, 7) is 0. The fraction of sp³-hybridized carbons (Fsp3) is 0.250. The van der Waals surface area contributed by atoms with E-state index in [0.717, 1.165) is 12.8 Å². The summed E-state index contributed by atoms with van der Waals surface area (Å²) < 4.78 is 32.4. The van der Waals surface area contributed by atoms with Gasteiger partial charge in [0.25, 0.3) is 0 Å². The van der Waals surface area contributed by atoms with Gasteiger partial charge in [-0.05, 0) is 23.8 Å². The SMILES string of the molecule is Nc1ncc(-c2ccc(-c3cccnc3OC3CC[S+]([O-])CC3)cc2F)cn1. The van der Waals surface area contributed by atoms with Gasteiger partial charge in [-0.1, -0.05) is 23.3 Å². The van der Waals surface area contributed by atoms with Crippen molar-refractivity contribution in [3.8, 4) is 28.1 Å². The Morgan fingerprint density at radius 3 is 2.50 bits per heavy atom. The molecule has 2 N–H and O–H groups in total. The summed E-state index contributed by atoms with van der Waals surface area (Å²) in [5, 5.41) is 0. The molecular weight excluding hydrogens is 379 g/mol. The van der Waals surface area contributed by atoms with Crippen LogP contribution in [0.4, 0.5) is 10.3 Å². The van der Waals surface area contributed by atoms with Crippen molar-refractivity contribution in [1.29, 1.82) is 0 Å². The quantitative estimate of drug-likeness (QED) is 0.678. The summed E-state index contributed by atoms with van der Waals surface area (Å²) in [6.07, 6.45) is 6.07. The molecule has 1 saturated heterocycles. The average molecular weight is 398 g/mol. The van der Waals surface area contributed by atoms with Crippen molar-refractivity contribution in [3.63, 3.8) is 0 Å². The number of nitrogen functional groups attached to an aromatic ring is 1. The van der Waals surface area contributed by atoms with Crippen molar-refractivity contribution in [3.05, 3.63) is 54.7 Å². The van der Waals surface area contributed by atoms with Crippen LogP contribution < -0.4 is 10.5 Å². The lowest BCUT2D eigenvalue weighted by atomic mass is 10.0. The molecule has 0 aliphatic carbocycles. The number of anilines is 1. The van der Waals surface area contributed by atoms with Crippen molar-refractivity contribution >= 4 is 17.1 Å². The molecule has 2 aromatic heterocycles. The van der Waals surface area contributed by atoms with E-state index in [1.54, 1.807) is 18.3 Å². The first-order chi connectivity index (χ1) is 13.6. The maximum atomic E-state index is 14.8. The molecule has 144 valence electrons. The van der Waals surface area contributed by atoms with Gasteiger partial charge in [0.1, 0.15) is 23.4 Å². The van der Waals surface area contributed by atoms with Crippen molar-refractivity contribution in [2.75, 3.05) is 17.2 Å². The summed E-state index contributed by atoms with van der Waals surface area (Å²) in [7, 11) is 0. The molecular formula is C20H19FN4O2S. The van der Waals surface area contributed by atoms with Crippen LogP contribution in [0.5, 0.6) is 5.88 Å². The molecule has 0 saturated carbocycles. The first-order valence-electron chi connectivity index (χ1n) is 8.94. The Morgan fingerprint density at radius 2 is 1.79 bits per heavy atom. The predicted octanol–water partition coefficient (Wildman–Crippen LogP) is 3.22. The van der Waals surface area contributed by atoms with Gasteiger partial charge in [0.2, 0.25) is 11.8 Å². The first-order valence-corrected chi connectivity index (χ1v) is 10.4. The Bertz CT molecular complexity index is 963. The van der Waals surface area contributed by atoms with E-state index < -0.39 is 17.0 Å². The van der Waals surface area contributed by atoms with Gasteiger partial charge >= 0.3 is 0 Å². The minimum absolute atomic E-state index is 0.0256. The molecule has 1 fully saturated rings. The zero-order chi connectivity index (χ0) is 19.5. The Kier molecular flexibility index (Phi) is 5.40. The number of hydrogen-bond acceptors (Lipinski definition) is 6. The minimum atomic E-state index is -0.754. The molecule has 0 atom stereocenters. The summed E-state index contributed by atoms with van der Waals surface area (Å²) in [5.41, 5.74) is 7.82. The molecule has 4 rings (SSSR count). The highest BCUT2D eigenvalue weighted by molar-refractivity contribution is 7.91. The lowest BCUT2D eigenvalue weighted by Gasteiger charge is -2.25. The van der Waals surface area contributed by atoms with Crippen molar-refractivity contribution in [2.45, 2.75) is 18.9 Å². The third kappa shape index (κ3) is 4.07. The highest BCUT2D eigenvalue weighted by atomic mass is 32.2. The molecule has 0 amide bonds. The molecule has 6 nitrogen and oxygen atoms in total. The van der Waals surface area contributed by atoms with Gasteiger partial charge < -0.3 is 15.0 Å². The lowest BCUT2D eigenvalue weighted by Crippen LogP contribution is -2.31. The third-order valence-corrected chi connectivity index (χ3v) is 6.03. The van der Waals surface area contributed by atoms with Crippen LogP contribution in [-0.2, 0) is 11.2 Å². The molecule has 3 aromatic rings. The van der Waals surface area contributed by atoms with Gasteiger partial charge in [-0.2, -0.15) is 0 Å². The fourth-order valence-corrected chi connectivity index (χ4v) is 4.40. The van der Waals surface area contributed by atoms with Gasteiger partial charge in [0.05, 0.1) is 0 Å². The summed E-state index contributed by atoms with van der Waals surface area (Å²) in [5.74, 6) is 1.49. The second-order valence-corrected chi connectivity index (χ2v) is 8.24. The number of hydrogen-bond donors (Lipinski definition) is 1. The fourth-order valence-electron chi connectivity index (χ4n) is 3.15. The number of rotatable bonds is 4. The largest absolute Gasteiger partial charge is 0.616 e.